The molecule has 0 fully saturated rings. The second kappa shape index (κ2) is 8.32. The van der Waals surface area contributed by atoms with Crippen LogP contribution >= 0.6 is 0 Å². The molecule has 2 aromatic heterocycles. The number of hydrogen-bond donors (Lipinski definition) is 2. The Labute approximate surface area is 185 Å². The highest BCUT2D eigenvalue weighted by atomic mass is 32.2. The number of nitrogens with zero attached hydrogens (tertiary/aromatic N) is 3. The van der Waals surface area contributed by atoms with Crippen molar-refractivity contribution in [1.29, 1.82) is 0 Å². The molecule has 0 aliphatic carbocycles. The van der Waals surface area contributed by atoms with Gasteiger partial charge in [-0.05, 0) is 44.5 Å². The molecule has 1 aromatic carbocycles. The number of sulfonamides is 1. The average molecular weight is 460 g/mol. The van der Waals surface area contributed by atoms with E-state index in [0.29, 0.717) is 5.56 Å². The molecule has 10 nitrogen and oxygen atoms in total. The molecule has 32 heavy (non-hydrogen) atoms. The third kappa shape index (κ3) is 4.63. The topological polar surface area (TPSA) is 132 Å². The number of nitrogens with one attached hydrogen (secondary N) is 2. The van der Waals surface area contributed by atoms with Gasteiger partial charge in [0, 0.05) is 26.2 Å². The minimum absolute atomic E-state index is 0.00564. The molecule has 0 saturated carbocycles. The summed E-state index contributed by atoms with van der Waals surface area (Å²) in [6.45, 7) is 5.15. The highest BCUT2D eigenvalue weighted by Gasteiger charge is 2.24. The van der Waals surface area contributed by atoms with E-state index in [9.17, 15) is 22.8 Å². The van der Waals surface area contributed by atoms with Crippen LogP contribution in [0.5, 0.6) is 0 Å². The molecule has 170 valence electrons. The number of rotatable bonds is 5. The Kier molecular flexibility index (Phi) is 6.07. The highest BCUT2D eigenvalue weighted by Crippen LogP contribution is 2.18. The van der Waals surface area contributed by atoms with Crippen LogP contribution < -0.4 is 21.3 Å². The van der Waals surface area contributed by atoms with Gasteiger partial charge in [-0.2, -0.15) is 0 Å². The highest BCUT2D eigenvalue weighted by molar-refractivity contribution is 7.89. The minimum Gasteiger partial charge on any atom is -0.347 e. The van der Waals surface area contributed by atoms with Gasteiger partial charge < -0.3 is 5.32 Å². The van der Waals surface area contributed by atoms with E-state index in [4.69, 9.17) is 0 Å². The molecule has 0 aliphatic heterocycles. The predicted molar refractivity (Wildman–Crippen MR) is 120 cm³/mol. The van der Waals surface area contributed by atoms with E-state index in [1.54, 1.807) is 39.0 Å². The summed E-state index contributed by atoms with van der Waals surface area (Å²) in [5.41, 5.74) is -1.25. The van der Waals surface area contributed by atoms with Crippen LogP contribution in [-0.4, -0.2) is 34.0 Å². The lowest BCUT2D eigenvalue weighted by atomic mass is 10.1. The smallest absolute Gasteiger partial charge is 0.332 e. The Bertz CT molecular complexity index is 1430. The zero-order valence-corrected chi connectivity index (χ0v) is 19.3. The van der Waals surface area contributed by atoms with Gasteiger partial charge in [-0.15, -0.1) is 0 Å². The van der Waals surface area contributed by atoms with Crippen molar-refractivity contribution in [2.75, 3.05) is 0 Å². The summed E-state index contributed by atoms with van der Waals surface area (Å²) in [7, 11) is -0.975. The number of pyridine rings is 1. The van der Waals surface area contributed by atoms with Crippen molar-refractivity contribution < 1.29 is 13.2 Å². The van der Waals surface area contributed by atoms with Crippen LogP contribution in [0.3, 0.4) is 0 Å². The fourth-order valence-electron chi connectivity index (χ4n) is 3.22. The van der Waals surface area contributed by atoms with Crippen molar-refractivity contribution in [3.8, 4) is 0 Å². The number of fused-ring (bicyclic) bond motifs is 1. The quantitative estimate of drug-likeness (QED) is 0.575. The fourth-order valence-corrected chi connectivity index (χ4v) is 4.88. The molecular weight excluding hydrogens is 434 g/mol. The number of aromatic nitrogens is 3. The maximum absolute atomic E-state index is 12.8. The van der Waals surface area contributed by atoms with Crippen molar-refractivity contribution in [3.05, 3.63) is 68.5 Å². The first-order valence-electron chi connectivity index (χ1n) is 9.79. The van der Waals surface area contributed by atoms with Gasteiger partial charge in [0.25, 0.3) is 11.5 Å². The summed E-state index contributed by atoms with van der Waals surface area (Å²) in [5.74, 6) is -0.573. The van der Waals surface area contributed by atoms with Crippen LogP contribution in [0, 0.1) is 0 Å². The SMILES string of the molecule is Cn1c(=O)c2ccc(C(=O)NCc3ccccc3S(=O)(=O)NC(C)(C)C)nc2n(C)c1=O. The Balaban J connectivity index is 1.90. The standard InChI is InChI=1S/C21H25N5O5S/c1-21(2,3)24-32(30,31)16-9-7-6-8-13(16)12-22-18(27)15-11-10-14-17(23-15)25(4)20(29)26(5)19(14)28/h6-11,24H,12H2,1-5H3,(H,22,27). The summed E-state index contributed by atoms with van der Waals surface area (Å²) < 4.78 is 30.3. The molecule has 2 N–H and O–H groups in total. The van der Waals surface area contributed by atoms with E-state index in [-0.39, 0.29) is 28.2 Å². The van der Waals surface area contributed by atoms with E-state index in [2.05, 4.69) is 15.0 Å². The third-order valence-electron chi connectivity index (χ3n) is 4.68. The number of amides is 1. The van der Waals surface area contributed by atoms with Crippen molar-refractivity contribution >= 4 is 27.0 Å². The normalized spacial score (nSPS) is 12.2. The van der Waals surface area contributed by atoms with Gasteiger partial charge in [0.2, 0.25) is 10.0 Å². The predicted octanol–water partition coefficient (Wildman–Crippen LogP) is 0.639. The Morgan fingerprint density at radius 3 is 2.34 bits per heavy atom. The zero-order chi connectivity index (χ0) is 23.8. The van der Waals surface area contributed by atoms with Gasteiger partial charge in [0.1, 0.15) is 11.3 Å². The Hall–Kier alpha value is -3.31. The monoisotopic (exact) mass is 459 g/mol. The molecule has 0 unspecified atom stereocenters. The number of benzene rings is 1. The molecule has 11 heteroatoms. The molecular formula is C21H25N5O5S. The van der Waals surface area contributed by atoms with Crippen molar-refractivity contribution in [3.63, 3.8) is 0 Å². The van der Waals surface area contributed by atoms with Crippen molar-refractivity contribution in [2.45, 2.75) is 37.8 Å². The summed E-state index contributed by atoms with van der Waals surface area (Å²) in [4.78, 5) is 41.3. The lowest BCUT2D eigenvalue weighted by Crippen LogP contribution is -2.41. The van der Waals surface area contributed by atoms with E-state index < -0.39 is 32.7 Å². The largest absolute Gasteiger partial charge is 0.347 e. The van der Waals surface area contributed by atoms with E-state index >= 15 is 0 Å². The molecule has 0 bridgehead atoms. The molecule has 3 aromatic rings. The zero-order valence-electron chi connectivity index (χ0n) is 18.5. The molecule has 0 radical (unpaired) electrons. The van der Waals surface area contributed by atoms with Gasteiger partial charge in [-0.25, -0.2) is 22.9 Å². The van der Waals surface area contributed by atoms with Crippen LogP contribution in [0.1, 0.15) is 36.8 Å². The third-order valence-corrected chi connectivity index (χ3v) is 6.53. The maximum atomic E-state index is 12.8. The second-order valence-corrected chi connectivity index (χ2v) is 10.1. The van der Waals surface area contributed by atoms with Gasteiger partial charge in [-0.1, -0.05) is 18.2 Å². The molecule has 0 saturated heterocycles. The minimum atomic E-state index is -3.80. The summed E-state index contributed by atoms with van der Waals surface area (Å²) >= 11 is 0. The first-order chi connectivity index (χ1) is 14.8. The first kappa shape index (κ1) is 23.4. The van der Waals surface area contributed by atoms with E-state index in [1.807, 2.05) is 0 Å². The van der Waals surface area contributed by atoms with Crippen molar-refractivity contribution in [1.82, 2.24) is 24.2 Å². The van der Waals surface area contributed by atoms with Crippen LogP contribution in [0.4, 0.5) is 0 Å². The van der Waals surface area contributed by atoms with Gasteiger partial charge in [-0.3, -0.25) is 18.7 Å². The van der Waals surface area contributed by atoms with Gasteiger partial charge in [0.15, 0.2) is 0 Å². The molecule has 0 atom stereocenters. The lowest BCUT2D eigenvalue weighted by molar-refractivity contribution is 0.0946. The first-order valence-corrected chi connectivity index (χ1v) is 11.3. The molecule has 0 spiro atoms. The lowest BCUT2D eigenvalue weighted by Gasteiger charge is -2.21. The molecule has 2 heterocycles. The fraction of sp³-hybridized carbons (Fsp3) is 0.333. The average Bonchev–Trinajstić information content (AvgIpc) is 2.72. The van der Waals surface area contributed by atoms with Crippen molar-refractivity contribution in [2.24, 2.45) is 14.1 Å². The van der Waals surface area contributed by atoms with E-state index in [0.717, 1.165) is 4.57 Å². The van der Waals surface area contributed by atoms with Gasteiger partial charge >= 0.3 is 5.69 Å². The van der Waals surface area contributed by atoms with Crippen LogP contribution in [0.15, 0.2) is 50.9 Å². The molecule has 0 aliphatic rings. The van der Waals surface area contributed by atoms with Crippen LogP contribution in [0.2, 0.25) is 0 Å². The second-order valence-electron chi connectivity index (χ2n) is 8.42. The van der Waals surface area contributed by atoms with E-state index in [1.165, 1.54) is 36.9 Å². The summed E-state index contributed by atoms with van der Waals surface area (Å²) in [6.07, 6.45) is 0. The molecule has 1 amide bonds. The van der Waals surface area contributed by atoms with Crippen LogP contribution in [-0.2, 0) is 30.7 Å². The van der Waals surface area contributed by atoms with Crippen LogP contribution in [0.25, 0.3) is 11.0 Å². The molecule has 3 rings (SSSR count). The summed E-state index contributed by atoms with van der Waals surface area (Å²) in [6, 6.07) is 9.18. The maximum Gasteiger partial charge on any atom is 0.332 e. The summed E-state index contributed by atoms with van der Waals surface area (Å²) in [5, 5.41) is 2.86. The van der Waals surface area contributed by atoms with Gasteiger partial charge in [0.05, 0.1) is 10.3 Å². The number of carbonyl (C=O) groups excluding carboxylic acids is 1. The number of hydrogen-bond acceptors (Lipinski definition) is 6. The number of aryl methyl sites for hydroxylation is 1. The Morgan fingerprint density at radius 1 is 1.03 bits per heavy atom. The Morgan fingerprint density at radius 2 is 1.69 bits per heavy atom. The number of carbonyl (C=O) groups is 1.